The Balaban J connectivity index is 1.61. The summed E-state index contributed by atoms with van der Waals surface area (Å²) in [5, 5.41) is 6.63. The Morgan fingerprint density at radius 3 is 2.72 bits per heavy atom. The molecular formula is C22H27N5O2. The van der Waals surface area contributed by atoms with E-state index >= 15 is 0 Å². The number of aromatic nitrogens is 2. The number of benzene rings is 2. The largest absolute Gasteiger partial charge is 0.493 e. The number of nitrogens with one attached hydrogen (secondary N) is 2. The number of rotatable bonds is 8. The normalized spacial score (nSPS) is 11.2. The fourth-order valence-electron chi connectivity index (χ4n) is 2.95. The van der Waals surface area contributed by atoms with Gasteiger partial charge in [0, 0.05) is 44.3 Å². The standard InChI is InChI=1S/C22H27N5O2/c1-4-29-20-9-8-19(13-21(20)28-3)26-22(23-2)25-14-17-6-5-7-18(12-17)15-27-11-10-24-16-27/h5-13,16H,4,14-15H2,1-3H3,(H2,23,25,26). The fourth-order valence-corrected chi connectivity index (χ4v) is 2.95. The maximum absolute atomic E-state index is 5.56. The summed E-state index contributed by atoms with van der Waals surface area (Å²) in [6, 6.07) is 14.2. The third-order valence-electron chi connectivity index (χ3n) is 4.33. The Kier molecular flexibility index (Phi) is 7.10. The first kappa shape index (κ1) is 20.3. The molecule has 1 heterocycles. The van der Waals surface area contributed by atoms with Crippen LogP contribution >= 0.6 is 0 Å². The first-order valence-corrected chi connectivity index (χ1v) is 9.54. The molecule has 7 heteroatoms. The van der Waals surface area contributed by atoms with E-state index in [1.54, 1.807) is 20.4 Å². The molecule has 0 bridgehead atoms. The van der Waals surface area contributed by atoms with Crippen molar-refractivity contribution in [1.29, 1.82) is 0 Å². The molecule has 0 atom stereocenters. The lowest BCUT2D eigenvalue weighted by Gasteiger charge is -2.15. The molecule has 0 amide bonds. The molecule has 0 aliphatic heterocycles. The summed E-state index contributed by atoms with van der Waals surface area (Å²) in [4.78, 5) is 8.39. The number of aliphatic imine (C=N–C) groups is 1. The van der Waals surface area contributed by atoms with Crippen LogP contribution in [-0.2, 0) is 13.1 Å². The highest BCUT2D eigenvalue weighted by Gasteiger charge is 2.07. The third kappa shape index (κ3) is 5.75. The van der Waals surface area contributed by atoms with Crippen LogP contribution in [0.2, 0.25) is 0 Å². The molecule has 29 heavy (non-hydrogen) atoms. The maximum Gasteiger partial charge on any atom is 0.195 e. The highest BCUT2D eigenvalue weighted by Crippen LogP contribution is 2.30. The molecule has 3 aromatic rings. The first-order chi connectivity index (χ1) is 14.2. The fraction of sp³-hybridized carbons (Fsp3) is 0.273. The zero-order valence-electron chi connectivity index (χ0n) is 17.1. The lowest BCUT2D eigenvalue weighted by atomic mass is 10.1. The molecule has 0 fully saturated rings. The van der Waals surface area contributed by atoms with Crippen LogP contribution < -0.4 is 20.1 Å². The van der Waals surface area contributed by atoms with Crippen molar-refractivity contribution in [2.75, 3.05) is 26.1 Å². The number of ether oxygens (including phenoxy) is 2. The van der Waals surface area contributed by atoms with Gasteiger partial charge >= 0.3 is 0 Å². The molecular weight excluding hydrogens is 366 g/mol. The molecule has 2 aromatic carbocycles. The molecule has 0 aliphatic rings. The van der Waals surface area contributed by atoms with Gasteiger partial charge in [0.1, 0.15) is 0 Å². The number of imidazole rings is 1. The van der Waals surface area contributed by atoms with Crippen molar-refractivity contribution in [3.8, 4) is 11.5 Å². The predicted molar refractivity (Wildman–Crippen MR) is 116 cm³/mol. The second-order valence-electron chi connectivity index (χ2n) is 6.40. The number of guanidine groups is 1. The minimum absolute atomic E-state index is 0.590. The van der Waals surface area contributed by atoms with Gasteiger partial charge in [0.2, 0.25) is 0 Å². The molecule has 3 rings (SSSR count). The molecule has 0 radical (unpaired) electrons. The summed E-state index contributed by atoms with van der Waals surface area (Å²) in [6.45, 7) is 3.99. The maximum atomic E-state index is 5.56. The van der Waals surface area contributed by atoms with Gasteiger partial charge in [-0.05, 0) is 30.2 Å². The minimum Gasteiger partial charge on any atom is -0.493 e. The molecule has 7 nitrogen and oxygen atoms in total. The molecule has 0 saturated heterocycles. The highest BCUT2D eigenvalue weighted by atomic mass is 16.5. The Morgan fingerprint density at radius 2 is 2.00 bits per heavy atom. The number of hydrogen-bond donors (Lipinski definition) is 2. The zero-order valence-corrected chi connectivity index (χ0v) is 17.1. The number of methoxy groups -OCH3 is 1. The zero-order chi connectivity index (χ0) is 20.5. The van der Waals surface area contributed by atoms with Crippen molar-refractivity contribution in [3.05, 3.63) is 72.3 Å². The van der Waals surface area contributed by atoms with Crippen molar-refractivity contribution < 1.29 is 9.47 Å². The lowest BCUT2D eigenvalue weighted by Crippen LogP contribution is -2.30. The van der Waals surface area contributed by atoms with Crippen LogP contribution in [0.1, 0.15) is 18.1 Å². The van der Waals surface area contributed by atoms with Gasteiger partial charge < -0.3 is 24.7 Å². The van der Waals surface area contributed by atoms with Gasteiger partial charge in [0.05, 0.1) is 20.0 Å². The van der Waals surface area contributed by atoms with Crippen LogP contribution in [0.15, 0.2) is 66.2 Å². The van der Waals surface area contributed by atoms with Crippen molar-refractivity contribution in [1.82, 2.24) is 14.9 Å². The van der Waals surface area contributed by atoms with Gasteiger partial charge in [-0.15, -0.1) is 0 Å². The summed E-state index contributed by atoms with van der Waals surface area (Å²) >= 11 is 0. The van der Waals surface area contributed by atoms with Gasteiger partial charge in [-0.2, -0.15) is 0 Å². The minimum atomic E-state index is 0.590. The number of anilines is 1. The molecule has 1 aromatic heterocycles. The third-order valence-corrected chi connectivity index (χ3v) is 4.33. The molecule has 0 unspecified atom stereocenters. The second kappa shape index (κ2) is 10.2. The molecule has 2 N–H and O–H groups in total. The summed E-state index contributed by atoms with van der Waals surface area (Å²) < 4.78 is 13.0. The van der Waals surface area contributed by atoms with E-state index in [0.717, 1.165) is 18.0 Å². The van der Waals surface area contributed by atoms with E-state index in [4.69, 9.17) is 9.47 Å². The van der Waals surface area contributed by atoms with Crippen LogP contribution in [0.5, 0.6) is 11.5 Å². The first-order valence-electron chi connectivity index (χ1n) is 9.54. The highest BCUT2D eigenvalue weighted by molar-refractivity contribution is 5.93. The van der Waals surface area contributed by atoms with Crippen LogP contribution in [0.25, 0.3) is 0 Å². The van der Waals surface area contributed by atoms with Crippen LogP contribution in [-0.4, -0.2) is 36.3 Å². The monoisotopic (exact) mass is 393 g/mol. The number of nitrogens with zero attached hydrogens (tertiary/aromatic N) is 3. The summed E-state index contributed by atoms with van der Waals surface area (Å²) in [7, 11) is 3.38. The number of hydrogen-bond acceptors (Lipinski definition) is 4. The van der Waals surface area contributed by atoms with Crippen molar-refractivity contribution >= 4 is 11.6 Å². The van der Waals surface area contributed by atoms with Crippen LogP contribution in [0, 0.1) is 0 Å². The van der Waals surface area contributed by atoms with Gasteiger partial charge in [-0.1, -0.05) is 24.3 Å². The van der Waals surface area contributed by atoms with E-state index in [1.165, 1.54) is 11.1 Å². The predicted octanol–water partition coefficient (Wildman–Crippen LogP) is 3.53. The Hall–Kier alpha value is -3.48. The van der Waals surface area contributed by atoms with Gasteiger partial charge in [-0.3, -0.25) is 4.99 Å². The van der Waals surface area contributed by atoms with Crippen molar-refractivity contribution in [2.24, 2.45) is 4.99 Å². The summed E-state index contributed by atoms with van der Waals surface area (Å²) in [5.41, 5.74) is 3.27. The van der Waals surface area contributed by atoms with E-state index in [9.17, 15) is 0 Å². The van der Waals surface area contributed by atoms with Crippen LogP contribution in [0.4, 0.5) is 5.69 Å². The Bertz CT molecular complexity index is 938. The molecule has 152 valence electrons. The van der Waals surface area contributed by atoms with E-state index in [-0.39, 0.29) is 0 Å². The van der Waals surface area contributed by atoms with Gasteiger partial charge in [-0.25, -0.2) is 4.98 Å². The van der Waals surface area contributed by atoms with Crippen molar-refractivity contribution in [2.45, 2.75) is 20.0 Å². The average Bonchev–Trinajstić information content (AvgIpc) is 3.25. The quantitative estimate of drug-likeness (QED) is 0.452. The molecule has 0 aliphatic carbocycles. The molecule has 0 spiro atoms. The molecule has 0 saturated carbocycles. The summed E-state index contributed by atoms with van der Waals surface area (Å²) in [5.74, 6) is 2.08. The van der Waals surface area contributed by atoms with E-state index < -0.39 is 0 Å². The van der Waals surface area contributed by atoms with E-state index in [0.29, 0.717) is 24.9 Å². The Morgan fingerprint density at radius 1 is 1.14 bits per heavy atom. The lowest BCUT2D eigenvalue weighted by molar-refractivity contribution is 0.311. The van der Waals surface area contributed by atoms with Gasteiger partial charge in [0.25, 0.3) is 0 Å². The van der Waals surface area contributed by atoms with Gasteiger partial charge in [0.15, 0.2) is 17.5 Å². The smallest absolute Gasteiger partial charge is 0.195 e. The SMILES string of the molecule is CCOc1ccc(NC(=NC)NCc2cccc(Cn3ccnc3)c2)cc1OC. The average molecular weight is 393 g/mol. The topological polar surface area (TPSA) is 72.7 Å². The van der Waals surface area contributed by atoms with E-state index in [1.807, 2.05) is 42.2 Å². The van der Waals surface area contributed by atoms with Crippen molar-refractivity contribution in [3.63, 3.8) is 0 Å². The van der Waals surface area contributed by atoms with Crippen LogP contribution in [0.3, 0.4) is 0 Å². The van der Waals surface area contributed by atoms with E-state index in [2.05, 4.69) is 44.9 Å². The second-order valence-corrected chi connectivity index (χ2v) is 6.40. The summed E-state index contributed by atoms with van der Waals surface area (Å²) in [6.07, 6.45) is 5.57. The Labute approximate surface area is 171 Å².